The number of aromatic nitrogens is 1. The third-order valence-electron chi connectivity index (χ3n) is 6.28. The van der Waals surface area contributed by atoms with E-state index in [0.29, 0.717) is 12.0 Å². The van der Waals surface area contributed by atoms with Crippen molar-refractivity contribution >= 4 is 22.6 Å². The van der Waals surface area contributed by atoms with Crippen molar-refractivity contribution in [2.45, 2.75) is 58.4 Å². The average Bonchev–Trinajstić information content (AvgIpc) is 2.69. The number of piperidine rings is 1. The highest BCUT2D eigenvalue weighted by Gasteiger charge is 2.23. The number of nitrogens with zero attached hydrogens (tertiary/aromatic N) is 2. The van der Waals surface area contributed by atoms with Crippen LogP contribution in [0.4, 0.5) is 5.82 Å². The molecule has 1 aliphatic heterocycles. The molecule has 1 saturated heterocycles. The van der Waals surface area contributed by atoms with Crippen LogP contribution in [0.25, 0.3) is 10.9 Å². The Labute approximate surface area is 162 Å². The van der Waals surface area contributed by atoms with Gasteiger partial charge in [0, 0.05) is 24.5 Å². The maximum Gasteiger partial charge on any atom is 0.252 e. The number of carbonyl (C=O) groups is 1. The molecule has 4 rings (SSSR count). The Bertz CT molecular complexity index is 810. The summed E-state index contributed by atoms with van der Waals surface area (Å²) in [6, 6.07) is 10.3. The largest absolute Gasteiger partial charge is 0.356 e. The van der Waals surface area contributed by atoms with Gasteiger partial charge in [0.1, 0.15) is 5.82 Å². The van der Waals surface area contributed by atoms with E-state index >= 15 is 0 Å². The van der Waals surface area contributed by atoms with Crippen molar-refractivity contribution in [1.29, 1.82) is 0 Å². The van der Waals surface area contributed by atoms with Crippen LogP contribution in [0, 0.1) is 11.8 Å². The number of amides is 1. The zero-order valence-electron chi connectivity index (χ0n) is 16.6. The second-order valence-corrected chi connectivity index (χ2v) is 8.67. The van der Waals surface area contributed by atoms with Crippen LogP contribution in [-0.2, 0) is 0 Å². The van der Waals surface area contributed by atoms with Gasteiger partial charge in [-0.15, -0.1) is 0 Å². The minimum absolute atomic E-state index is 0.0551. The van der Waals surface area contributed by atoms with Crippen molar-refractivity contribution in [3.05, 3.63) is 35.9 Å². The summed E-state index contributed by atoms with van der Waals surface area (Å²) in [5, 5.41) is 4.25. The molecule has 0 bridgehead atoms. The highest BCUT2D eigenvalue weighted by atomic mass is 16.1. The fourth-order valence-corrected chi connectivity index (χ4v) is 4.58. The summed E-state index contributed by atoms with van der Waals surface area (Å²) in [5.41, 5.74) is 1.68. The molecular formula is C23H31N3O. The van der Waals surface area contributed by atoms with Crippen LogP contribution >= 0.6 is 0 Å². The van der Waals surface area contributed by atoms with Gasteiger partial charge in [0.15, 0.2) is 0 Å². The van der Waals surface area contributed by atoms with E-state index in [0.717, 1.165) is 54.1 Å². The van der Waals surface area contributed by atoms with Gasteiger partial charge in [-0.05, 0) is 62.5 Å². The molecule has 2 fully saturated rings. The lowest BCUT2D eigenvalue weighted by Crippen LogP contribution is -2.38. The zero-order chi connectivity index (χ0) is 18.8. The van der Waals surface area contributed by atoms with E-state index in [9.17, 15) is 4.79 Å². The highest BCUT2D eigenvalue weighted by molar-refractivity contribution is 6.07. The smallest absolute Gasteiger partial charge is 0.252 e. The third kappa shape index (κ3) is 4.10. The number of fused-ring (bicyclic) bond motifs is 1. The summed E-state index contributed by atoms with van der Waals surface area (Å²) < 4.78 is 0. The molecule has 1 saturated carbocycles. The lowest BCUT2D eigenvalue weighted by molar-refractivity contribution is 0.0924. The molecule has 1 amide bonds. The van der Waals surface area contributed by atoms with Gasteiger partial charge in [0.05, 0.1) is 11.1 Å². The number of hydrogen-bond donors (Lipinski definition) is 1. The lowest BCUT2D eigenvalue weighted by atomic mass is 9.87. The van der Waals surface area contributed by atoms with Gasteiger partial charge >= 0.3 is 0 Å². The summed E-state index contributed by atoms with van der Waals surface area (Å²) in [7, 11) is 0. The number of benzene rings is 1. The molecule has 2 heterocycles. The van der Waals surface area contributed by atoms with E-state index in [1.54, 1.807) is 0 Å². The van der Waals surface area contributed by atoms with Crippen molar-refractivity contribution in [1.82, 2.24) is 10.3 Å². The number of rotatable bonds is 3. The number of para-hydroxylation sites is 1. The van der Waals surface area contributed by atoms with Gasteiger partial charge in [-0.2, -0.15) is 0 Å². The third-order valence-corrected chi connectivity index (χ3v) is 6.28. The summed E-state index contributed by atoms with van der Waals surface area (Å²) in [5.74, 6) is 2.46. The SMILES string of the molecule is CC1CCC(NC(=O)c2cc(N3CCC[C@H](C)C3)nc3ccccc23)CC1. The van der Waals surface area contributed by atoms with Crippen molar-refractivity contribution in [2.24, 2.45) is 11.8 Å². The maximum absolute atomic E-state index is 13.2. The van der Waals surface area contributed by atoms with E-state index in [-0.39, 0.29) is 5.91 Å². The number of hydrogen-bond acceptors (Lipinski definition) is 3. The van der Waals surface area contributed by atoms with Crippen LogP contribution in [0.5, 0.6) is 0 Å². The number of nitrogens with one attached hydrogen (secondary N) is 1. The first-order valence-electron chi connectivity index (χ1n) is 10.6. The lowest BCUT2D eigenvalue weighted by Gasteiger charge is -2.32. The molecule has 0 radical (unpaired) electrons. The predicted octanol–water partition coefficient (Wildman–Crippen LogP) is 4.78. The van der Waals surface area contributed by atoms with Gasteiger partial charge in [0.25, 0.3) is 5.91 Å². The molecule has 0 unspecified atom stereocenters. The fourth-order valence-electron chi connectivity index (χ4n) is 4.58. The van der Waals surface area contributed by atoms with Gasteiger partial charge in [-0.1, -0.05) is 32.0 Å². The standard InChI is InChI=1S/C23H31N3O/c1-16-9-11-18(12-10-16)24-23(27)20-14-22(26-13-5-6-17(2)15-26)25-21-8-4-3-7-19(20)21/h3-4,7-8,14,16-18H,5-6,9-13,15H2,1-2H3,(H,24,27)/t16?,17-,18?/m0/s1. The van der Waals surface area contributed by atoms with Crippen molar-refractivity contribution in [2.75, 3.05) is 18.0 Å². The van der Waals surface area contributed by atoms with Crippen molar-refractivity contribution < 1.29 is 4.79 Å². The summed E-state index contributed by atoms with van der Waals surface area (Å²) in [4.78, 5) is 20.4. The van der Waals surface area contributed by atoms with Gasteiger partial charge in [-0.3, -0.25) is 4.79 Å². The van der Waals surface area contributed by atoms with Crippen molar-refractivity contribution in [3.63, 3.8) is 0 Å². The Morgan fingerprint density at radius 3 is 2.63 bits per heavy atom. The maximum atomic E-state index is 13.2. The second-order valence-electron chi connectivity index (χ2n) is 8.67. The van der Waals surface area contributed by atoms with E-state index < -0.39 is 0 Å². The number of anilines is 1. The Hall–Kier alpha value is -2.10. The van der Waals surface area contributed by atoms with Crippen LogP contribution in [0.2, 0.25) is 0 Å². The van der Waals surface area contributed by atoms with E-state index in [1.165, 1.54) is 25.7 Å². The van der Waals surface area contributed by atoms with Crippen LogP contribution in [0.15, 0.2) is 30.3 Å². The molecule has 2 aromatic rings. The zero-order valence-corrected chi connectivity index (χ0v) is 16.6. The topological polar surface area (TPSA) is 45.2 Å². The highest BCUT2D eigenvalue weighted by Crippen LogP contribution is 2.28. The first-order valence-corrected chi connectivity index (χ1v) is 10.6. The van der Waals surface area contributed by atoms with Gasteiger partial charge < -0.3 is 10.2 Å². The molecule has 1 atom stereocenters. The van der Waals surface area contributed by atoms with E-state index in [4.69, 9.17) is 4.98 Å². The Balaban J connectivity index is 1.63. The van der Waals surface area contributed by atoms with Gasteiger partial charge in [-0.25, -0.2) is 4.98 Å². The normalized spacial score (nSPS) is 26.1. The number of carbonyl (C=O) groups excluding carboxylic acids is 1. The molecule has 4 nitrogen and oxygen atoms in total. The summed E-state index contributed by atoms with van der Waals surface area (Å²) in [6.45, 7) is 6.65. The molecule has 1 aromatic heterocycles. The van der Waals surface area contributed by atoms with Crippen LogP contribution in [0.3, 0.4) is 0 Å². The van der Waals surface area contributed by atoms with Gasteiger partial charge in [0.2, 0.25) is 0 Å². The van der Waals surface area contributed by atoms with Crippen LogP contribution < -0.4 is 10.2 Å². The van der Waals surface area contributed by atoms with E-state index in [1.807, 2.05) is 30.3 Å². The van der Waals surface area contributed by atoms with E-state index in [2.05, 4.69) is 24.1 Å². The fraction of sp³-hybridized carbons (Fsp3) is 0.565. The Morgan fingerprint density at radius 1 is 1.07 bits per heavy atom. The molecule has 0 spiro atoms. The molecular weight excluding hydrogens is 334 g/mol. The molecule has 2 aliphatic rings. The minimum Gasteiger partial charge on any atom is -0.356 e. The number of pyridine rings is 1. The Kier molecular flexibility index (Phi) is 5.33. The second kappa shape index (κ2) is 7.87. The van der Waals surface area contributed by atoms with Crippen LogP contribution in [0.1, 0.15) is 62.7 Å². The molecule has 4 heteroatoms. The average molecular weight is 366 g/mol. The quantitative estimate of drug-likeness (QED) is 0.851. The molecule has 1 aliphatic carbocycles. The Morgan fingerprint density at radius 2 is 1.85 bits per heavy atom. The summed E-state index contributed by atoms with van der Waals surface area (Å²) >= 11 is 0. The van der Waals surface area contributed by atoms with Crippen molar-refractivity contribution in [3.8, 4) is 0 Å². The molecule has 1 N–H and O–H groups in total. The molecule has 144 valence electrons. The molecule has 27 heavy (non-hydrogen) atoms. The first-order chi connectivity index (χ1) is 13.1. The predicted molar refractivity (Wildman–Crippen MR) is 111 cm³/mol. The molecule has 1 aromatic carbocycles. The first kappa shape index (κ1) is 18.3. The summed E-state index contributed by atoms with van der Waals surface area (Å²) in [6.07, 6.45) is 7.06. The monoisotopic (exact) mass is 365 g/mol. The minimum atomic E-state index is 0.0551. The van der Waals surface area contributed by atoms with Crippen LogP contribution in [-0.4, -0.2) is 30.0 Å².